The highest BCUT2D eigenvalue weighted by Gasteiger charge is 2.19. The first kappa shape index (κ1) is 12.6. The third-order valence-electron chi connectivity index (χ3n) is 3.81. The van der Waals surface area contributed by atoms with Crippen LogP contribution in [0.15, 0.2) is 65.7 Å². The molecule has 3 heteroatoms. The van der Waals surface area contributed by atoms with Crippen LogP contribution >= 0.6 is 11.3 Å². The van der Waals surface area contributed by atoms with Gasteiger partial charge in [0, 0.05) is 16.3 Å². The molecule has 1 heterocycles. The maximum atomic E-state index is 4.86. The molecule has 0 unspecified atom stereocenters. The summed E-state index contributed by atoms with van der Waals surface area (Å²) in [7, 11) is 0. The van der Waals surface area contributed by atoms with Crippen molar-refractivity contribution in [2.45, 2.75) is 19.3 Å². The fourth-order valence-electron chi connectivity index (χ4n) is 2.85. The summed E-state index contributed by atoms with van der Waals surface area (Å²) in [6.07, 6.45) is 3.61. The first-order valence-electron chi connectivity index (χ1n) is 7.30. The number of nitrogens with zero attached hydrogens (tertiary/aromatic N) is 2. The van der Waals surface area contributed by atoms with E-state index in [4.69, 9.17) is 4.99 Å². The molecule has 0 spiro atoms. The Kier molecular flexibility index (Phi) is 3.20. The number of hydrogen-bond donors (Lipinski definition) is 0. The van der Waals surface area contributed by atoms with Gasteiger partial charge in [0.25, 0.3) is 0 Å². The van der Waals surface area contributed by atoms with E-state index in [9.17, 15) is 0 Å². The van der Waals surface area contributed by atoms with E-state index < -0.39 is 0 Å². The Morgan fingerprint density at radius 3 is 2.33 bits per heavy atom. The minimum Gasteiger partial charge on any atom is -0.289 e. The summed E-state index contributed by atoms with van der Waals surface area (Å²) < 4.78 is 2.33. The molecule has 1 aromatic heterocycles. The molecule has 0 amide bonds. The number of para-hydroxylation sites is 2. The molecule has 0 radical (unpaired) electrons. The van der Waals surface area contributed by atoms with E-state index in [1.54, 1.807) is 0 Å². The van der Waals surface area contributed by atoms with Crippen molar-refractivity contribution in [2.75, 3.05) is 0 Å². The van der Waals surface area contributed by atoms with E-state index in [1.165, 1.54) is 29.1 Å². The molecule has 0 saturated heterocycles. The van der Waals surface area contributed by atoms with Gasteiger partial charge in [0.15, 0.2) is 4.80 Å². The van der Waals surface area contributed by atoms with Crippen LogP contribution < -0.4 is 4.80 Å². The van der Waals surface area contributed by atoms with Crippen molar-refractivity contribution in [3.05, 3.63) is 76.0 Å². The number of fused-ring (bicyclic) bond motifs is 1. The highest BCUT2D eigenvalue weighted by molar-refractivity contribution is 7.09. The Bertz CT molecular complexity index is 813. The van der Waals surface area contributed by atoms with Crippen molar-refractivity contribution in [1.29, 1.82) is 0 Å². The molecule has 0 bridgehead atoms. The molecule has 3 aromatic rings. The van der Waals surface area contributed by atoms with E-state index in [-0.39, 0.29) is 0 Å². The second-order valence-electron chi connectivity index (χ2n) is 5.23. The Morgan fingerprint density at radius 2 is 1.57 bits per heavy atom. The third-order valence-corrected chi connectivity index (χ3v) is 4.95. The average molecular weight is 292 g/mol. The molecule has 104 valence electrons. The van der Waals surface area contributed by atoms with E-state index in [0.717, 1.165) is 16.9 Å². The number of aryl methyl sites for hydroxylation is 1. The van der Waals surface area contributed by atoms with Gasteiger partial charge in [-0.2, -0.15) is 0 Å². The lowest BCUT2D eigenvalue weighted by molar-refractivity contribution is 0.849. The zero-order valence-corrected chi connectivity index (χ0v) is 12.5. The lowest BCUT2D eigenvalue weighted by Gasteiger charge is -2.06. The molecule has 4 rings (SSSR count). The largest absolute Gasteiger partial charge is 0.289 e. The van der Waals surface area contributed by atoms with Gasteiger partial charge in [-0.05, 0) is 43.5 Å². The lowest BCUT2D eigenvalue weighted by atomic mass is 10.3. The number of rotatable bonds is 2. The maximum Gasteiger partial charge on any atom is 0.195 e. The van der Waals surface area contributed by atoms with Gasteiger partial charge in [-0.3, -0.25) is 4.57 Å². The summed E-state index contributed by atoms with van der Waals surface area (Å²) in [5, 5.41) is 0. The molecular formula is C18H16N2S. The number of benzene rings is 2. The minimum absolute atomic E-state index is 1.02. The van der Waals surface area contributed by atoms with Crippen LogP contribution in [-0.4, -0.2) is 4.57 Å². The summed E-state index contributed by atoms with van der Waals surface area (Å²) in [5.41, 5.74) is 3.68. The van der Waals surface area contributed by atoms with Gasteiger partial charge in [0.05, 0.1) is 5.69 Å². The zero-order chi connectivity index (χ0) is 14.1. The van der Waals surface area contributed by atoms with Gasteiger partial charge in [0.1, 0.15) is 0 Å². The highest BCUT2D eigenvalue weighted by atomic mass is 32.1. The first-order chi connectivity index (χ1) is 10.4. The van der Waals surface area contributed by atoms with Crippen LogP contribution in [0.1, 0.15) is 17.0 Å². The predicted molar refractivity (Wildman–Crippen MR) is 87.3 cm³/mol. The monoisotopic (exact) mass is 292 g/mol. The van der Waals surface area contributed by atoms with Crippen LogP contribution in [0.5, 0.6) is 0 Å². The van der Waals surface area contributed by atoms with Gasteiger partial charge in [-0.25, -0.2) is 4.99 Å². The smallest absolute Gasteiger partial charge is 0.195 e. The molecular weight excluding hydrogens is 276 g/mol. The van der Waals surface area contributed by atoms with E-state index in [1.807, 2.05) is 29.5 Å². The van der Waals surface area contributed by atoms with E-state index >= 15 is 0 Å². The predicted octanol–water partition coefficient (Wildman–Crippen LogP) is 4.26. The van der Waals surface area contributed by atoms with Crippen molar-refractivity contribution in [2.24, 2.45) is 4.99 Å². The SMILES string of the molecule is c1ccc(N=c2sc3c(n2-c2ccccc2)CCC3)cc1. The quantitative estimate of drug-likeness (QED) is 0.671. The Morgan fingerprint density at radius 1 is 0.857 bits per heavy atom. The van der Waals surface area contributed by atoms with Crippen molar-refractivity contribution in [3.8, 4) is 5.69 Å². The molecule has 1 aliphatic carbocycles. The van der Waals surface area contributed by atoms with Gasteiger partial charge in [0.2, 0.25) is 0 Å². The Hall–Kier alpha value is -2.13. The normalized spacial score (nSPS) is 14.4. The Balaban J connectivity index is 1.95. The summed E-state index contributed by atoms with van der Waals surface area (Å²) in [5.74, 6) is 0. The molecule has 0 N–H and O–H groups in total. The summed E-state index contributed by atoms with van der Waals surface area (Å²) in [6.45, 7) is 0. The highest BCUT2D eigenvalue weighted by Crippen LogP contribution is 2.27. The third kappa shape index (κ3) is 2.34. The fraction of sp³-hybridized carbons (Fsp3) is 0.167. The topological polar surface area (TPSA) is 17.3 Å². The standard InChI is InChI=1S/C18H16N2S/c1-3-8-14(9-4-1)19-18-20(15-10-5-2-6-11-15)16-12-7-13-17(16)21-18/h1-6,8-11H,7,12-13H2. The lowest BCUT2D eigenvalue weighted by Crippen LogP contribution is -2.14. The van der Waals surface area contributed by atoms with Gasteiger partial charge in [-0.15, -0.1) is 11.3 Å². The molecule has 0 fully saturated rings. The molecule has 1 aliphatic rings. The molecule has 2 aromatic carbocycles. The summed E-state index contributed by atoms with van der Waals surface area (Å²) >= 11 is 1.83. The molecule has 21 heavy (non-hydrogen) atoms. The number of hydrogen-bond acceptors (Lipinski definition) is 2. The maximum absolute atomic E-state index is 4.86. The van der Waals surface area contributed by atoms with Crippen LogP contribution in [-0.2, 0) is 12.8 Å². The van der Waals surface area contributed by atoms with Crippen molar-refractivity contribution < 1.29 is 0 Å². The molecule has 0 aliphatic heterocycles. The second-order valence-corrected chi connectivity index (χ2v) is 6.29. The van der Waals surface area contributed by atoms with Crippen molar-refractivity contribution >= 4 is 17.0 Å². The molecule has 2 nitrogen and oxygen atoms in total. The van der Waals surface area contributed by atoms with Crippen LogP contribution in [0.2, 0.25) is 0 Å². The number of thiazole rings is 1. The van der Waals surface area contributed by atoms with Crippen LogP contribution in [0.3, 0.4) is 0 Å². The van der Waals surface area contributed by atoms with Crippen LogP contribution in [0, 0.1) is 0 Å². The average Bonchev–Trinajstić information content (AvgIpc) is 3.09. The molecule has 0 atom stereocenters. The van der Waals surface area contributed by atoms with Crippen LogP contribution in [0.4, 0.5) is 5.69 Å². The Labute approximate surface area is 128 Å². The fourth-order valence-corrected chi connectivity index (χ4v) is 4.08. The van der Waals surface area contributed by atoms with Crippen LogP contribution in [0.25, 0.3) is 5.69 Å². The van der Waals surface area contributed by atoms with Crippen molar-refractivity contribution in [1.82, 2.24) is 4.57 Å². The number of aromatic nitrogens is 1. The van der Waals surface area contributed by atoms with Gasteiger partial charge in [-0.1, -0.05) is 36.4 Å². The summed E-state index contributed by atoms with van der Waals surface area (Å²) in [4.78, 5) is 7.44. The van der Waals surface area contributed by atoms with E-state index in [2.05, 4.69) is 47.0 Å². The first-order valence-corrected chi connectivity index (χ1v) is 8.12. The summed E-state index contributed by atoms with van der Waals surface area (Å²) in [6, 6.07) is 20.8. The zero-order valence-electron chi connectivity index (χ0n) is 11.7. The molecule has 0 saturated carbocycles. The van der Waals surface area contributed by atoms with Gasteiger partial charge < -0.3 is 0 Å². The minimum atomic E-state index is 1.02. The van der Waals surface area contributed by atoms with E-state index in [0.29, 0.717) is 0 Å². The second kappa shape index (κ2) is 5.34. The van der Waals surface area contributed by atoms with Crippen molar-refractivity contribution in [3.63, 3.8) is 0 Å². The van der Waals surface area contributed by atoms with Gasteiger partial charge >= 0.3 is 0 Å².